The summed E-state index contributed by atoms with van der Waals surface area (Å²) in [5, 5.41) is 9.67. The summed E-state index contributed by atoms with van der Waals surface area (Å²) in [6.45, 7) is 8.75. The van der Waals surface area contributed by atoms with Crippen molar-refractivity contribution in [1.82, 2.24) is 4.90 Å². The Morgan fingerprint density at radius 2 is 1.86 bits per heavy atom. The molecule has 86 valence electrons. The topological polar surface area (TPSA) is 23.5 Å². The van der Waals surface area contributed by atoms with Crippen LogP contribution >= 0.6 is 12.6 Å². The van der Waals surface area contributed by atoms with Crippen molar-refractivity contribution in [3.05, 3.63) is 0 Å². The molecule has 0 bridgehead atoms. The summed E-state index contributed by atoms with van der Waals surface area (Å²) in [4.78, 5) is 2.30. The molecule has 0 heterocycles. The third kappa shape index (κ3) is 8.85. The molecule has 0 aliphatic rings. The lowest BCUT2D eigenvalue weighted by molar-refractivity contribution is 0.0374. The molecule has 0 fully saturated rings. The lowest BCUT2D eigenvalue weighted by Crippen LogP contribution is -2.39. The molecule has 0 aromatic carbocycles. The minimum Gasteiger partial charge on any atom is -0.389 e. The molecule has 0 aromatic heterocycles. The fourth-order valence-corrected chi connectivity index (χ4v) is 1.74. The van der Waals surface area contributed by atoms with Crippen LogP contribution in [0.3, 0.4) is 0 Å². The summed E-state index contributed by atoms with van der Waals surface area (Å²) < 4.78 is 0. The molecule has 3 heteroatoms. The van der Waals surface area contributed by atoms with Crippen LogP contribution < -0.4 is 0 Å². The Morgan fingerprint density at radius 3 is 2.29 bits per heavy atom. The Hall–Kier alpha value is 0.270. The van der Waals surface area contributed by atoms with Crippen LogP contribution in [-0.4, -0.2) is 41.0 Å². The van der Waals surface area contributed by atoms with Gasteiger partial charge in [0.1, 0.15) is 0 Å². The molecule has 0 spiro atoms. The van der Waals surface area contributed by atoms with Crippen molar-refractivity contribution < 1.29 is 5.11 Å². The second-order valence-corrected chi connectivity index (χ2v) is 4.91. The molecule has 1 N–H and O–H groups in total. The zero-order valence-corrected chi connectivity index (χ0v) is 10.7. The van der Waals surface area contributed by atoms with Crippen LogP contribution in [0.25, 0.3) is 0 Å². The van der Waals surface area contributed by atoms with Gasteiger partial charge in [-0.25, -0.2) is 0 Å². The first-order valence-electron chi connectivity index (χ1n) is 5.55. The Labute approximate surface area is 94.1 Å². The highest BCUT2D eigenvalue weighted by molar-refractivity contribution is 7.80. The molecule has 0 saturated carbocycles. The lowest BCUT2D eigenvalue weighted by atomic mass is 10.1. The number of aliphatic hydroxyl groups is 1. The third-order valence-corrected chi connectivity index (χ3v) is 2.51. The molecule has 0 saturated heterocycles. The summed E-state index contributed by atoms with van der Waals surface area (Å²) in [6.07, 6.45) is 3.65. The summed E-state index contributed by atoms with van der Waals surface area (Å²) in [6, 6.07) is 0. The van der Waals surface area contributed by atoms with Gasteiger partial charge in [-0.2, -0.15) is 12.6 Å². The average Bonchev–Trinajstić information content (AvgIpc) is 2.08. The monoisotopic (exact) mass is 219 g/mol. The number of hydrogen-bond acceptors (Lipinski definition) is 3. The van der Waals surface area contributed by atoms with E-state index in [1.165, 1.54) is 19.3 Å². The highest BCUT2D eigenvalue weighted by Crippen LogP contribution is 2.06. The zero-order valence-electron chi connectivity index (χ0n) is 9.79. The fourth-order valence-electron chi connectivity index (χ4n) is 1.52. The van der Waals surface area contributed by atoms with E-state index >= 15 is 0 Å². The maximum Gasteiger partial charge on any atom is 0.0718 e. The van der Waals surface area contributed by atoms with Crippen molar-refractivity contribution in [2.45, 2.75) is 45.6 Å². The van der Waals surface area contributed by atoms with E-state index in [0.717, 1.165) is 25.4 Å². The van der Waals surface area contributed by atoms with Gasteiger partial charge in [-0.05, 0) is 45.5 Å². The summed E-state index contributed by atoms with van der Waals surface area (Å²) >= 11 is 4.18. The first kappa shape index (κ1) is 14.3. The molecule has 0 aliphatic carbocycles. The van der Waals surface area contributed by atoms with E-state index in [-0.39, 0.29) is 0 Å². The maximum atomic E-state index is 9.67. The molecule has 0 unspecified atom stereocenters. The predicted octanol–water partition coefficient (Wildman–Crippen LogP) is 2.18. The molecular formula is C11H25NOS. The number of hydrogen-bond donors (Lipinski definition) is 2. The third-order valence-electron chi connectivity index (χ3n) is 2.19. The highest BCUT2D eigenvalue weighted by Gasteiger charge is 2.16. The van der Waals surface area contributed by atoms with Gasteiger partial charge < -0.3 is 10.0 Å². The Bertz CT molecular complexity index is 134. The van der Waals surface area contributed by atoms with Gasteiger partial charge in [0.25, 0.3) is 0 Å². The predicted molar refractivity (Wildman–Crippen MR) is 66.1 cm³/mol. The molecule has 0 rings (SSSR count). The van der Waals surface area contributed by atoms with E-state index in [1.807, 2.05) is 13.8 Å². The van der Waals surface area contributed by atoms with Gasteiger partial charge in [-0.1, -0.05) is 13.3 Å². The molecule has 0 atom stereocenters. The Balaban J connectivity index is 3.58. The number of unbranched alkanes of at least 4 members (excludes halogenated alkanes) is 2. The molecule has 0 aromatic rings. The van der Waals surface area contributed by atoms with E-state index < -0.39 is 5.60 Å². The Morgan fingerprint density at radius 1 is 1.21 bits per heavy atom. The SMILES string of the molecule is CCN(CCCCCS)CC(C)(C)O. The van der Waals surface area contributed by atoms with Crippen LogP contribution in [0.4, 0.5) is 0 Å². The van der Waals surface area contributed by atoms with Gasteiger partial charge in [0.2, 0.25) is 0 Å². The first-order chi connectivity index (χ1) is 6.49. The van der Waals surface area contributed by atoms with E-state index in [4.69, 9.17) is 0 Å². The first-order valence-corrected chi connectivity index (χ1v) is 6.18. The van der Waals surface area contributed by atoms with Gasteiger partial charge in [0.15, 0.2) is 0 Å². The van der Waals surface area contributed by atoms with Crippen LogP contribution in [-0.2, 0) is 0 Å². The van der Waals surface area contributed by atoms with Crippen molar-refractivity contribution in [3.63, 3.8) is 0 Å². The minimum atomic E-state index is -0.570. The Kier molecular flexibility index (Phi) is 7.69. The average molecular weight is 219 g/mol. The van der Waals surface area contributed by atoms with E-state index in [9.17, 15) is 5.11 Å². The quantitative estimate of drug-likeness (QED) is 0.483. The van der Waals surface area contributed by atoms with Gasteiger partial charge in [-0.15, -0.1) is 0 Å². The van der Waals surface area contributed by atoms with E-state index in [2.05, 4.69) is 24.5 Å². The number of likely N-dealkylation sites (N-methyl/N-ethyl adjacent to an activating group) is 1. The summed E-state index contributed by atoms with van der Waals surface area (Å²) in [5.41, 5.74) is -0.570. The van der Waals surface area contributed by atoms with E-state index in [0.29, 0.717) is 0 Å². The van der Waals surface area contributed by atoms with Gasteiger partial charge in [0.05, 0.1) is 5.60 Å². The van der Waals surface area contributed by atoms with Crippen LogP contribution in [0.2, 0.25) is 0 Å². The second kappa shape index (κ2) is 7.55. The van der Waals surface area contributed by atoms with Gasteiger partial charge in [0, 0.05) is 6.54 Å². The smallest absolute Gasteiger partial charge is 0.0718 e. The van der Waals surface area contributed by atoms with Crippen molar-refractivity contribution in [2.24, 2.45) is 0 Å². The van der Waals surface area contributed by atoms with Crippen LogP contribution in [0.15, 0.2) is 0 Å². The van der Waals surface area contributed by atoms with Crippen LogP contribution in [0.1, 0.15) is 40.0 Å². The minimum absolute atomic E-state index is 0.570. The number of rotatable bonds is 8. The van der Waals surface area contributed by atoms with E-state index in [1.54, 1.807) is 0 Å². The lowest BCUT2D eigenvalue weighted by Gasteiger charge is -2.27. The number of thiol groups is 1. The van der Waals surface area contributed by atoms with Crippen molar-refractivity contribution in [2.75, 3.05) is 25.4 Å². The normalized spacial score (nSPS) is 12.4. The second-order valence-electron chi connectivity index (χ2n) is 4.47. The van der Waals surface area contributed by atoms with Crippen molar-refractivity contribution in [3.8, 4) is 0 Å². The molecule has 0 aliphatic heterocycles. The van der Waals surface area contributed by atoms with Crippen LogP contribution in [0.5, 0.6) is 0 Å². The summed E-state index contributed by atoms with van der Waals surface area (Å²) in [5.74, 6) is 0.984. The fraction of sp³-hybridized carbons (Fsp3) is 1.00. The molecule has 0 radical (unpaired) electrons. The number of nitrogens with zero attached hydrogens (tertiary/aromatic N) is 1. The van der Waals surface area contributed by atoms with Gasteiger partial charge >= 0.3 is 0 Å². The standard InChI is InChI=1S/C11H25NOS/c1-4-12(10-11(2,3)13)8-6-5-7-9-14/h13-14H,4-10H2,1-3H3. The highest BCUT2D eigenvalue weighted by atomic mass is 32.1. The molecule has 2 nitrogen and oxygen atoms in total. The van der Waals surface area contributed by atoms with Gasteiger partial charge in [-0.3, -0.25) is 0 Å². The van der Waals surface area contributed by atoms with Crippen molar-refractivity contribution in [1.29, 1.82) is 0 Å². The molecule has 0 amide bonds. The molecular weight excluding hydrogens is 194 g/mol. The largest absolute Gasteiger partial charge is 0.389 e. The summed E-state index contributed by atoms with van der Waals surface area (Å²) in [7, 11) is 0. The van der Waals surface area contributed by atoms with Crippen molar-refractivity contribution >= 4 is 12.6 Å². The zero-order chi connectivity index (χ0) is 11.0. The molecule has 14 heavy (non-hydrogen) atoms. The van der Waals surface area contributed by atoms with Crippen LogP contribution in [0, 0.1) is 0 Å². The maximum absolute atomic E-state index is 9.67.